The predicted octanol–water partition coefficient (Wildman–Crippen LogP) is 3.44. The van der Waals surface area contributed by atoms with E-state index in [1.54, 1.807) is 42.5 Å². The number of aromatic amines is 1. The van der Waals surface area contributed by atoms with Crippen molar-refractivity contribution in [3.8, 4) is 5.69 Å². The Morgan fingerprint density at radius 2 is 1.81 bits per heavy atom. The summed E-state index contributed by atoms with van der Waals surface area (Å²) in [6.45, 7) is -0.604. The summed E-state index contributed by atoms with van der Waals surface area (Å²) in [6, 6.07) is 17.0. The molecule has 0 aliphatic carbocycles. The minimum Gasteiger partial charge on any atom is -0.336 e. The lowest BCUT2D eigenvalue weighted by Gasteiger charge is -2.08. The topological polar surface area (TPSA) is 101 Å². The number of hydrogen-bond acceptors (Lipinski definition) is 4. The normalized spacial score (nSPS) is 11.5. The molecule has 9 heteroatoms. The van der Waals surface area contributed by atoms with E-state index in [9.17, 15) is 22.4 Å². The maximum Gasteiger partial charge on any atom is 0.272 e. The number of hydrogen-bond donors (Lipinski definition) is 2. The molecule has 7 nitrogen and oxygen atoms in total. The van der Waals surface area contributed by atoms with E-state index in [1.807, 2.05) is 0 Å². The van der Waals surface area contributed by atoms with Crippen molar-refractivity contribution in [1.29, 1.82) is 0 Å². The molecule has 0 saturated carbocycles. The molecule has 1 amide bonds. The monoisotopic (exact) mass is 439 g/mol. The predicted molar refractivity (Wildman–Crippen MR) is 116 cm³/mol. The molecule has 0 fully saturated rings. The fourth-order valence-corrected chi connectivity index (χ4v) is 3.90. The van der Waals surface area contributed by atoms with Crippen LogP contribution >= 0.6 is 0 Å². The number of alkyl halides is 1. The molecule has 0 saturated heterocycles. The fourth-order valence-electron chi connectivity index (χ4n) is 3.23. The minimum absolute atomic E-state index is 0.0903. The molecule has 0 spiro atoms. The highest BCUT2D eigenvalue weighted by Crippen LogP contribution is 2.20. The molecule has 2 aromatic heterocycles. The number of sulfone groups is 1. The van der Waals surface area contributed by atoms with E-state index in [4.69, 9.17) is 0 Å². The Hall–Kier alpha value is -3.72. The third-order valence-electron chi connectivity index (χ3n) is 4.79. The first kappa shape index (κ1) is 20.5. The third kappa shape index (κ3) is 4.13. The molecule has 0 unspecified atom stereocenters. The number of halogens is 1. The second kappa shape index (κ2) is 7.84. The van der Waals surface area contributed by atoms with Gasteiger partial charge in [-0.2, -0.15) is 0 Å². The zero-order valence-electron chi connectivity index (χ0n) is 16.4. The number of fused-ring (bicyclic) bond motifs is 1. The number of amides is 1. The zero-order chi connectivity index (χ0) is 22.2. The second-order valence-electron chi connectivity index (χ2n) is 7.05. The summed E-state index contributed by atoms with van der Waals surface area (Å²) in [5.74, 6) is -0.492. The Bertz CT molecular complexity index is 1450. The number of benzene rings is 2. The molecular formula is C22H18FN3O4S. The molecule has 4 aromatic rings. The van der Waals surface area contributed by atoms with Crippen LogP contribution in [0.1, 0.15) is 16.1 Å². The number of carbonyl (C=O) groups excluding carboxylic acids is 1. The van der Waals surface area contributed by atoms with Gasteiger partial charge in [-0.15, -0.1) is 0 Å². The van der Waals surface area contributed by atoms with Crippen LogP contribution in [0.25, 0.3) is 16.7 Å². The summed E-state index contributed by atoms with van der Waals surface area (Å²) in [5.41, 5.74) is 1.64. The lowest BCUT2D eigenvalue weighted by Crippen LogP contribution is -2.17. The molecular weight excluding hydrogens is 421 g/mol. The Morgan fingerprint density at radius 3 is 2.48 bits per heavy atom. The first-order valence-corrected chi connectivity index (χ1v) is 11.2. The number of pyridine rings is 1. The van der Waals surface area contributed by atoms with Gasteiger partial charge in [-0.25, -0.2) is 12.8 Å². The van der Waals surface area contributed by atoms with Crippen LogP contribution in [0.15, 0.2) is 76.4 Å². The molecule has 0 aliphatic rings. The van der Waals surface area contributed by atoms with Crippen LogP contribution in [0, 0.1) is 0 Å². The number of nitrogens with zero attached hydrogens (tertiary/aromatic N) is 1. The lowest BCUT2D eigenvalue weighted by molar-refractivity contribution is 0.102. The van der Waals surface area contributed by atoms with Crippen LogP contribution in [0.2, 0.25) is 0 Å². The van der Waals surface area contributed by atoms with Crippen molar-refractivity contribution in [2.45, 2.75) is 11.6 Å². The highest BCUT2D eigenvalue weighted by Gasteiger charge is 2.15. The van der Waals surface area contributed by atoms with Crippen LogP contribution < -0.4 is 10.9 Å². The number of carbonyl (C=O) groups is 1. The molecule has 2 N–H and O–H groups in total. The van der Waals surface area contributed by atoms with Gasteiger partial charge >= 0.3 is 0 Å². The molecule has 158 valence electrons. The Labute approximate surface area is 177 Å². The molecule has 0 radical (unpaired) electrons. The van der Waals surface area contributed by atoms with Crippen LogP contribution in [-0.2, 0) is 16.5 Å². The van der Waals surface area contributed by atoms with Gasteiger partial charge in [0.15, 0.2) is 9.84 Å². The van der Waals surface area contributed by atoms with Crippen molar-refractivity contribution in [2.75, 3.05) is 11.6 Å². The van der Waals surface area contributed by atoms with Gasteiger partial charge in [0, 0.05) is 23.4 Å². The molecule has 2 aromatic carbocycles. The first-order chi connectivity index (χ1) is 14.8. The number of anilines is 1. The van der Waals surface area contributed by atoms with Crippen LogP contribution in [0.3, 0.4) is 0 Å². The van der Waals surface area contributed by atoms with Crippen LogP contribution in [0.5, 0.6) is 0 Å². The number of rotatable bonds is 5. The van der Waals surface area contributed by atoms with Crippen LogP contribution in [-0.4, -0.2) is 30.1 Å². The van der Waals surface area contributed by atoms with Gasteiger partial charge in [-0.1, -0.05) is 18.2 Å². The second-order valence-corrected chi connectivity index (χ2v) is 9.06. The Kier molecular flexibility index (Phi) is 5.20. The van der Waals surface area contributed by atoms with Gasteiger partial charge in [0.2, 0.25) is 0 Å². The number of H-pyrrole nitrogens is 1. The fraction of sp³-hybridized carbons (Fsp3) is 0.0909. The van der Waals surface area contributed by atoms with E-state index in [0.29, 0.717) is 28.0 Å². The van der Waals surface area contributed by atoms with Gasteiger partial charge in [0.1, 0.15) is 18.0 Å². The van der Waals surface area contributed by atoms with Crippen molar-refractivity contribution >= 4 is 32.5 Å². The van der Waals surface area contributed by atoms with Gasteiger partial charge in [0.05, 0.1) is 10.6 Å². The summed E-state index contributed by atoms with van der Waals surface area (Å²) in [5, 5.41) is 3.29. The average Bonchev–Trinajstić information content (AvgIpc) is 3.18. The molecule has 0 bridgehead atoms. The molecule has 2 heterocycles. The van der Waals surface area contributed by atoms with Gasteiger partial charge < -0.3 is 10.3 Å². The third-order valence-corrected chi connectivity index (χ3v) is 5.90. The quantitative estimate of drug-likeness (QED) is 0.497. The molecule has 0 aliphatic heterocycles. The van der Waals surface area contributed by atoms with E-state index in [-0.39, 0.29) is 16.1 Å². The van der Waals surface area contributed by atoms with E-state index >= 15 is 0 Å². The van der Waals surface area contributed by atoms with E-state index in [0.717, 1.165) is 6.26 Å². The SMILES string of the molecule is CS(=O)(=O)c1cccc(NC(=O)c2cc3ccc(=O)n(-c4ccc(CF)cc4)c3[nH]2)c1. The first-order valence-electron chi connectivity index (χ1n) is 9.28. The standard InChI is InChI=1S/C22H18FN3O4S/c1-31(29,30)18-4-2-3-16(12-18)24-22(28)19-11-15-7-10-20(27)26(21(15)25-19)17-8-5-14(13-23)6-9-17/h2-12,25H,13H2,1H3,(H,24,28). The maximum absolute atomic E-state index is 12.8. The maximum atomic E-state index is 12.8. The highest BCUT2D eigenvalue weighted by molar-refractivity contribution is 7.90. The summed E-state index contributed by atoms with van der Waals surface area (Å²) in [4.78, 5) is 28.3. The van der Waals surface area contributed by atoms with Crippen molar-refractivity contribution in [1.82, 2.24) is 9.55 Å². The lowest BCUT2D eigenvalue weighted by atomic mass is 10.2. The Morgan fingerprint density at radius 1 is 1.06 bits per heavy atom. The van der Waals surface area contributed by atoms with Crippen LogP contribution in [0.4, 0.5) is 10.1 Å². The largest absolute Gasteiger partial charge is 0.336 e. The Balaban J connectivity index is 1.71. The minimum atomic E-state index is -3.41. The number of nitrogens with one attached hydrogen (secondary N) is 2. The summed E-state index contributed by atoms with van der Waals surface area (Å²) < 4.78 is 37.7. The average molecular weight is 439 g/mol. The highest BCUT2D eigenvalue weighted by atomic mass is 32.2. The van der Waals surface area contributed by atoms with E-state index in [1.165, 1.54) is 28.8 Å². The van der Waals surface area contributed by atoms with Gasteiger partial charge in [-0.3, -0.25) is 14.2 Å². The van der Waals surface area contributed by atoms with Crippen molar-refractivity contribution < 1.29 is 17.6 Å². The van der Waals surface area contributed by atoms with Crippen molar-refractivity contribution in [3.63, 3.8) is 0 Å². The summed E-state index contributed by atoms with van der Waals surface area (Å²) in [6.07, 6.45) is 1.09. The van der Waals surface area contributed by atoms with Crippen molar-refractivity contribution in [2.24, 2.45) is 0 Å². The van der Waals surface area contributed by atoms with Gasteiger partial charge in [-0.05, 0) is 48.0 Å². The summed E-state index contributed by atoms with van der Waals surface area (Å²) in [7, 11) is -3.41. The molecule has 0 atom stereocenters. The smallest absolute Gasteiger partial charge is 0.272 e. The van der Waals surface area contributed by atoms with Gasteiger partial charge in [0.25, 0.3) is 11.5 Å². The summed E-state index contributed by atoms with van der Waals surface area (Å²) >= 11 is 0. The van der Waals surface area contributed by atoms with E-state index < -0.39 is 22.4 Å². The number of aromatic nitrogens is 2. The van der Waals surface area contributed by atoms with E-state index in [2.05, 4.69) is 10.3 Å². The van der Waals surface area contributed by atoms with Crippen molar-refractivity contribution in [3.05, 3.63) is 88.3 Å². The molecule has 4 rings (SSSR count). The zero-order valence-corrected chi connectivity index (χ0v) is 17.2. The molecule has 31 heavy (non-hydrogen) atoms.